The maximum absolute atomic E-state index is 9.36. The number of aliphatic hydroxyl groups is 1. The fourth-order valence-corrected chi connectivity index (χ4v) is 3.21. The van der Waals surface area contributed by atoms with Crippen LogP contribution >= 0.6 is 27.3 Å². The molecule has 108 valence electrons. The molecule has 0 saturated heterocycles. The number of halogens is 1. The first-order valence-electron chi connectivity index (χ1n) is 6.18. The fourth-order valence-electron chi connectivity index (χ4n) is 1.88. The molecule has 0 fully saturated rings. The molecule has 0 bridgehead atoms. The highest BCUT2D eigenvalue weighted by Crippen LogP contribution is 2.27. The molecule has 0 saturated carbocycles. The van der Waals surface area contributed by atoms with E-state index in [4.69, 9.17) is 4.74 Å². The molecule has 0 radical (unpaired) electrons. The zero-order valence-corrected chi connectivity index (χ0v) is 13.9. The van der Waals surface area contributed by atoms with Crippen molar-refractivity contribution in [1.82, 2.24) is 4.98 Å². The molecule has 0 unspecified atom stereocenters. The van der Waals surface area contributed by atoms with Gasteiger partial charge < -0.3 is 14.7 Å². The van der Waals surface area contributed by atoms with Crippen molar-refractivity contribution in [2.75, 3.05) is 19.1 Å². The zero-order valence-electron chi connectivity index (χ0n) is 11.5. The smallest absolute Gasteiger partial charge is 0.185 e. The highest BCUT2D eigenvalue weighted by molar-refractivity contribution is 9.10. The summed E-state index contributed by atoms with van der Waals surface area (Å²) >= 11 is 4.98. The lowest BCUT2D eigenvalue weighted by Gasteiger charge is -2.15. The van der Waals surface area contributed by atoms with Crippen molar-refractivity contribution in [2.45, 2.75) is 19.8 Å². The van der Waals surface area contributed by atoms with Crippen LogP contribution in [0, 0.1) is 0 Å². The monoisotopic (exact) mass is 356 g/mol. The average Bonchev–Trinajstić information content (AvgIpc) is 2.82. The SMILES string of the molecule is COCc1nc(N(C)Cc2cccc(Br)c2)sc1CO. The van der Waals surface area contributed by atoms with Crippen LogP contribution in [-0.4, -0.2) is 24.2 Å². The lowest BCUT2D eigenvalue weighted by atomic mass is 10.2. The number of thiazole rings is 1. The van der Waals surface area contributed by atoms with Gasteiger partial charge in [0.15, 0.2) is 5.13 Å². The van der Waals surface area contributed by atoms with Crippen molar-refractivity contribution in [1.29, 1.82) is 0 Å². The highest BCUT2D eigenvalue weighted by Gasteiger charge is 2.13. The van der Waals surface area contributed by atoms with E-state index in [1.807, 2.05) is 19.2 Å². The zero-order chi connectivity index (χ0) is 14.5. The van der Waals surface area contributed by atoms with Gasteiger partial charge in [0.25, 0.3) is 0 Å². The molecular weight excluding hydrogens is 340 g/mol. The van der Waals surface area contributed by atoms with Crippen LogP contribution in [0.3, 0.4) is 0 Å². The van der Waals surface area contributed by atoms with Gasteiger partial charge >= 0.3 is 0 Å². The first kappa shape index (κ1) is 15.4. The summed E-state index contributed by atoms with van der Waals surface area (Å²) in [6.07, 6.45) is 0. The number of methoxy groups -OCH3 is 1. The Balaban J connectivity index is 2.14. The van der Waals surface area contributed by atoms with Crippen molar-refractivity contribution in [3.63, 3.8) is 0 Å². The van der Waals surface area contributed by atoms with Gasteiger partial charge in [0, 0.05) is 25.2 Å². The lowest BCUT2D eigenvalue weighted by molar-refractivity contribution is 0.179. The Morgan fingerprint density at radius 3 is 2.90 bits per heavy atom. The van der Waals surface area contributed by atoms with Crippen molar-refractivity contribution in [2.24, 2.45) is 0 Å². The number of aliphatic hydroxyl groups excluding tert-OH is 1. The predicted molar refractivity (Wildman–Crippen MR) is 85.0 cm³/mol. The van der Waals surface area contributed by atoms with Crippen LogP contribution in [0.5, 0.6) is 0 Å². The second-order valence-corrected chi connectivity index (χ2v) is 6.42. The van der Waals surface area contributed by atoms with Gasteiger partial charge in [-0.2, -0.15) is 0 Å². The number of anilines is 1. The minimum absolute atomic E-state index is 0.00108. The minimum Gasteiger partial charge on any atom is -0.391 e. The van der Waals surface area contributed by atoms with Crippen molar-refractivity contribution < 1.29 is 9.84 Å². The van der Waals surface area contributed by atoms with Crippen LogP contribution in [0.1, 0.15) is 16.1 Å². The predicted octanol–water partition coefficient (Wildman–Crippen LogP) is 3.18. The molecule has 2 aromatic rings. The van der Waals surface area contributed by atoms with Gasteiger partial charge in [-0.15, -0.1) is 0 Å². The lowest BCUT2D eigenvalue weighted by Crippen LogP contribution is -2.16. The second kappa shape index (κ2) is 7.17. The third-order valence-corrected chi connectivity index (χ3v) is 4.52. The average molecular weight is 357 g/mol. The van der Waals surface area contributed by atoms with Gasteiger partial charge in [-0.05, 0) is 17.7 Å². The van der Waals surface area contributed by atoms with E-state index in [0.717, 1.165) is 26.7 Å². The standard InChI is InChI=1S/C14H17BrN2O2S/c1-17(7-10-4-3-5-11(15)6-10)14-16-12(9-19-2)13(8-18)20-14/h3-6,18H,7-9H2,1-2H3. The molecule has 1 heterocycles. The van der Waals surface area contributed by atoms with E-state index in [2.05, 4.69) is 37.9 Å². The summed E-state index contributed by atoms with van der Waals surface area (Å²) in [5.74, 6) is 0. The molecule has 6 heteroatoms. The van der Waals surface area contributed by atoms with Gasteiger partial charge in [0.2, 0.25) is 0 Å². The normalized spacial score (nSPS) is 10.8. The third kappa shape index (κ3) is 3.79. The summed E-state index contributed by atoms with van der Waals surface area (Å²) in [4.78, 5) is 7.48. The van der Waals surface area contributed by atoms with Gasteiger partial charge in [0.05, 0.1) is 23.8 Å². The molecule has 1 aromatic carbocycles. The number of hydrogen-bond donors (Lipinski definition) is 1. The molecule has 1 N–H and O–H groups in total. The van der Waals surface area contributed by atoms with Crippen LogP contribution in [-0.2, 0) is 24.5 Å². The van der Waals surface area contributed by atoms with Crippen molar-refractivity contribution in [3.8, 4) is 0 Å². The van der Waals surface area contributed by atoms with Crippen LogP contribution < -0.4 is 4.90 Å². The number of nitrogens with zero attached hydrogens (tertiary/aromatic N) is 2. The maximum atomic E-state index is 9.36. The summed E-state index contributed by atoms with van der Waals surface area (Å²) < 4.78 is 6.17. The second-order valence-electron chi connectivity index (χ2n) is 4.44. The van der Waals surface area contributed by atoms with E-state index in [-0.39, 0.29) is 6.61 Å². The number of ether oxygens (including phenoxy) is 1. The van der Waals surface area contributed by atoms with Crippen LogP contribution in [0.2, 0.25) is 0 Å². The number of hydrogen-bond acceptors (Lipinski definition) is 5. The third-order valence-electron chi connectivity index (χ3n) is 2.83. The molecule has 0 aliphatic carbocycles. The van der Waals surface area contributed by atoms with E-state index in [1.54, 1.807) is 7.11 Å². The first-order valence-corrected chi connectivity index (χ1v) is 7.79. The van der Waals surface area contributed by atoms with Gasteiger partial charge in [-0.1, -0.05) is 39.4 Å². The molecular formula is C14H17BrN2O2S. The minimum atomic E-state index is 0.00108. The maximum Gasteiger partial charge on any atom is 0.185 e. The van der Waals surface area contributed by atoms with E-state index in [9.17, 15) is 5.11 Å². The molecule has 1 aromatic heterocycles. The van der Waals surface area contributed by atoms with Crippen molar-refractivity contribution in [3.05, 3.63) is 44.9 Å². The highest BCUT2D eigenvalue weighted by atomic mass is 79.9. The molecule has 0 atom stereocenters. The van der Waals surface area contributed by atoms with Crippen molar-refractivity contribution >= 4 is 32.4 Å². The van der Waals surface area contributed by atoms with E-state index >= 15 is 0 Å². The molecule has 0 amide bonds. The Morgan fingerprint density at radius 2 is 2.25 bits per heavy atom. The summed E-state index contributed by atoms with van der Waals surface area (Å²) in [7, 11) is 3.63. The Bertz CT molecular complexity index is 574. The summed E-state index contributed by atoms with van der Waals surface area (Å²) in [5.41, 5.74) is 2.02. The van der Waals surface area contributed by atoms with Gasteiger partial charge in [-0.3, -0.25) is 0 Å². The van der Waals surface area contributed by atoms with E-state index in [0.29, 0.717) is 6.61 Å². The molecule has 0 aliphatic heterocycles. The largest absolute Gasteiger partial charge is 0.391 e. The summed E-state index contributed by atoms with van der Waals surface area (Å²) in [5, 5.41) is 10.2. The number of rotatable bonds is 6. The Hall–Kier alpha value is -0.950. The summed E-state index contributed by atoms with van der Waals surface area (Å²) in [6.45, 7) is 1.20. The molecule has 0 aliphatic rings. The fraction of sp³-hybridized carbons (Fsp3) is 0.357. The van der Waals surface area contributed by atoms with E-state index in [1.165, 1.54) is 16.9 Å². The first-order chi connectivity index (χ1) is 9.63. The van der Waals surface area contributed by atoms with Crippen LogP contribution in [0.25, 0.3) is 0 Å². The van der Waals surface area contributed by atoms with Gasteiger partial charge in [0.1, 0.15) is 0 Å². The topological polar surface area (TPSA) is 45.6 Å². The van der Waals surface area contributed by atoms with E-state index < -0.39 is 0 Å². The summed E-state index contributed by atoms with van der Waals surface area (Å²) in [6, 6.07) is 8.20. The van der Waals surface area contributed by atoms with Crippen LogP contribution in [0.15, 0.2) is 28.7 Å². The molecule has 20 heavy (non-hydrogen) atoms. The Morgan fingerprint density at radius 1 is 1.45 bits per heavy atom. The Kier molecular flexibility index (Phi) is 5.54. The van der Waals surface area contributed by atoms with Gasteiger partial charge in [-0.25, -0.2) is 4.98 Å². The molecule has 4 nitrogen and oxygen atoms in total. The Labute approximate surface area is 131 Å². The number of aromatic nitrogens is 1. The van der Waals surface area contributed by atoms with Crippen LogP contribution in [0.4, 0.5) is 5.13 Å². The quantitative estimate of drug-likeness (QED) is 0.863. The molecule has 0 spiro atoms. The molecule has 2 rings (SSSR count). The number of benzene rings is 1.